The molecule has 3 heteroatoms. The summed E-state index contributed by atoms with van der Waals surface area (Å²) < 4.78 is 0. The Morgan fingerprint density at radius 1 is 1.11 bits per heavy atom. The number of carbonyl (C=O) groups is 1. The number of nitrogens with two attached hydrogens (primary N) is 1. The van der Waals surface area contributed by atoms with E-state index in [1.54, 1.807) is 17.8 Å². The molecule has 0 saturated carbocycles. The lowest BCUT2D eigenvalue weighted by atomic mass is 10.1. The molecule has 0 amide bonds. The molecule has 2 N–H and O–H groups in total. The maximum absolute atomic E-state index is 11.3. The summed E-state index contributed by atoms with van der Waals surface area (Å²) in [6.45, 7) is 3.59. The minimum atomic E-state index is -0.000365. The van der Waals surface area contributed by atoms with Crippen LogP contribution in [-0.2, 0) is 0 Å². The van der Waals surface area contributed by atoms with Gasteiger partial charge in [0.05, 0.1) is 0 Å². The van der Waals surface area contributed by atoms with Gasteiger partial charge in [-0.15, -0.1) is 0 Å². The fourth-order valence-electron chi connectivity index (χ4n) is 1.74. The highest BCUT2D eigenvalue weighted by Crippen LogP contribution is 2.30. The molecule has 2 aromatic carbocycles. The first-order valence-electron chi connectivity index (χ1n) is 5.71. The first kappa shape index (κ1) is 12.7. The van der Waals surface area contributed by atoms with E-state index < -0.39 is 0 Å². The minimum absolute atomic E-state index is 0.000365. The summed E-state index contributed by atoms with van der Waals surface area (Å²) in [5.74, 6) is -0.000365. The van der Waals surface area contributed by atoms with Crippen molar-refractivity contribution in [2.45, 2.75) is 23.6 Å². The number of aryl methyl sites for hydroxylation is 1. The highest BCUT2D eigenvalue weighted by Gasteiger charge is 2.06. The van der Waals surface area contributed by atoms with Crippen molar-refractivity contribution in [1.29, 1.82) is 0 Å². The number of anilines is 1. The van der Waals surface area contributed by atoms with Gasteiger partial charge in [-0.3, -0.25) is 4.79 Å². The van der Waals surface area contributed by atoms with Gasteiger partial charge in [-0.25, -0.2) is 0 Å². The summed E-state index contributed by atoms with van der Waals surface area (Å²) in [4.78, 5) is 13.5. The van der Waals surface area contributed by atoms with Gasteiger partial charge in [0.15, 0.2) is 5.78 Å². The third-order valence-corrected chi connectivity index (χ3v) is 3.61. The van der Waals surface area contributed by atoms with Crippen LogP contribution in [0.15, 0.2) is 52.3 Å². The van der Waals surface area contributed by atoms with E-state index in [2.05, 4.69) is 25.1 Å². The smallest absolute Gasteiger partial charge is 0.161 e. The Morgan fingerprint density at radius 2 is 1.83 bits per heavy atom. The van der Waals surface area contributed by atoms with Gasteiger partial charge in [-0.1, -0.05) is 29.5 Å². The van der Waals surface area contributed by atoms with E-state index in [1.807, 2.05) is 18.2 Å². The molecule has 0 spiro atoms. The normalized spacial score (nSPS) is 10.3. The summed E-state index contributed by atoms with van der Waals surface area (Å²) in [5.41, 5.74) is 8.23. The standard InChI is InChI=1S/C15H15NOS/c1-10-4-3-5-12(8-10)18-13-6-7-14(11(2)17)15(16)9-13/h3-9H,16H2,1-2H3. The van der Waals surface area contributed by atoms with Crippen LogP contribution in [0.25, 0.3) is 0 Å². The second-order valence-electron chi connectivity index (χ2n) is 4.22. The molecular weight excluding hydrogens is 242 g/mol. The van der Waals surface area contributed by atoms with E-state index in [-0.39, 0.29) is 5.78 Å². The number of hydrogen-bond acceptors (Lipinski definition) is 3. The molecule has 0 aliphatic carbocycles. The molecule has 0 atom stereocenters. The van der Waals surface area contributed by atoms with Gasteiger partial charge in [-0.05, 0) is 44.2 Å². The van der Waals surface area contributed by atoms with E-state index in [0.717, 1.165) is 4.90 Å². The average molecular weight is 257 g/mol. The number of ketones is 1. The van der Waals surface area contributed by atoms with Crippen LogP contribution in [0.4, 0.5) is 5.69 Å². The Labute approximate surface area is 111 Å². The van der Waals surface area contributed by atoms with Crippen molar-refractivity contribution < 1.29 is 4.79 Å². The molecule has 92 valence electrons. The van der Waals surface area contributed by atoms with E-state index in [1.165, 1.54) is 17.4 Å². The van der Waals surface area contributed by atoms with Crippen molar-refractivity contribution in [2.24, 2.45) is 0 Å². The molecule has 18 heavy (non-hydrogen) atoms. The lowest BCUT2D eigenvalue weighted by Gasteiger charge is -2.06. The van der Waals surface area contributed by atoms with Crippen molar-refractivity contribution in [3.8, 4) is 0 Å². The van der Waals surface area contributed by atoms with Crippen molar-refractivity contribution in [3.63, 3.8) is 0 Å². The van der Waals surface area contributed by atoms with Crippen molar-refractivity contribution >= 4 is 23.2 Å². The number of nitrogen functional groups attached to an aromatic ring is 1. The van der Waals surface area contributed by atoms with Crippen LogP contribution in [0.2, 0.25) is 0 Å². The topological polar surface area (TPSA) is 43.1 Å². The van der Waals surface area contributed by atoms with Crippen molar-refractivity contribution in [3.05, 3.63) is 53.6 Å². The summed E-state index contributed by atoms with van der Waals surface area (Å²) in [7, 11) is 0. The van der Waals surface area contributed by atoms with Crippen molar-refractivity contribution in [1.82, 2.24) is 0 Å². The molecule has 0 heterocycles. The first-order chi connectivity index (χ1) is 8.56. The predicted octanol–water partition coefficient (Wildman–Crippen LogP) is 3.93. The Bertz CT molecular complexity index is 593. The van der Waals surface area contributed by atoms with Crippen LogP contribution in [0.5, 0.6) is 0 Å². The number of carbonyl (C=O) groups excluding carboxylic acids is 1. The van der Waals surface area contributed by atoms with Gasteiger partial charge < -0.3 is 5.73 Å². The minimum Gasteiger partial charge on any atom is -0.398 e. The van der Waals surface area contributed by atoms with Gasteiger partial charge in [-0.2, -0.15) is 0 Å². The Kier molecular flexibility index (Phi) is 3.72. The van der Waals surface area contributed by atoms with Crippen molar-refractivity contribution in [2.75, 3.05) is 5.73 Å². The van der Waals surface area contributed by atoms with Crippen LogP contribution in [-0.4, -0.2) is 5.78 Å². The van der Waals surface area contributed by atoms with Crippen LogP contribution in [0.3, 0.4) is 0 Å². The van der Waals surface area contributed by atoms with E-state index in [0.29, 0.717) is 11.3 Å². The van der Waals surface area contributed by atoms with E-state index >= 15 is 0 Å². The monoisotopic (exact) mass is 257 g/mol. The molecule has 0 aliphatic rings. The molecule has 0 unspecified atom stereocenters. The van der Waals surface area contributed by atoms with Crippen LogP contribution >= 0.6 is 11.8 Å². The van der Waals surface area contributed by atoms with Crippen LogP contribution < -0.4 is 5.73 Å². The summed E-state index contributed by atoms with van der Waals surface area (Å²) in [6.07, 6.45) is 0. The number of benzene rings is 2. The molecule has 0 saturated heterocycles. The quantitative estimate of drug-likeness (QED) is 0.669. The molecule has 0 aliphatic heterocycles. The lowest BCUT2D eigenvalue weighted by molar-refractivity contribution is 0.101. The highest BCUT2D eigenvalue weighted by atomic mass is 32.2. The summed E-state index contributed by atoms with van der Waals surface area (Å²) >= 11 is 1.65. The maximum Gasteiger partial charge on any atom is 0.161 e. The number of Topliss-reactive ketones (excluding diaryl/α,β-unsaturated/α-hetero) is 1. The molecule has 0 aromatic heterocycles. The second kappa shape index (κ2) is 5.27. The lowest BCUT2D eigenvalue weighted by Crippen LogP contribution is -1.99. The molecule has 2 nitrogen and oxygen atoms in total. The largest absolute Gasteiger partial charge is 0.398 e. The van der Waals surface area contributed by atoms with Gasteiger partial charge in [0, 0.05) is 21.0 Å². The van der Waals surface area contributed by atoms with Crippen LogP contribution in [0.1, 0.15) is 22.8 Å². The zero-order valence-electron chi connectivity index (χ0n) is 10.4. The Morgan fingerprint density at radius 3 is 2.44 bits per heavy atom. The third-order valence-electron chi connectivity index (χ3n) is 2.63. The molecular formula is C15H15NOS. The Balaban J connectivity index is 2.25. The van der Waals surface area contributed by atoms with Gasteiger partial charge >= 0.3 is 0 Å². The molecule has 2 aromatic rings. The third kappa shape index (κ3) is 2.93. The van der Waals surface area contributed by atoms with E-state index in [4.69, 9.17) is 5.73 Å². The highest BCUT2D eigenvalue weighted by molar-refractivity contribution is 7.99. The summed E-state index contributed by atoms with van der Waals surface area (Å²) in [5, 5.41) is 0. The molecule has 2 rings (SSSR count). The second-order valence-corrected chi connectivity index (χ2v) is 5.37. The zero-order chi connectivity index (χ0) is 13.1. The first-order valence-corrected chi connectivity index (χ1v) is 6.53. The fourth-order valence-corrected chi connectivity index (χ4v) is 2.73. The fraction of sp³-hybridized carbons (Fsp3) is 0.133. The molecule has 0 radical (unpaired) electrons. The predicted molar refractivity (Wildman–Crippen MR) is 76.2 cm³/mol. The number of rotatable bonds is 3. The Hall–Kier alpha value is -1.74. The molecule has 0 fully saturated rings. The van der Waals surface area contributed by atoms with Gasteiger partial charge in [0.25, 0.3) is 0 Å². The van der Waals surface area contributed by atoms with Gasteiger partial charge in [0.1, 0.15) is 0 Å². The molecule has 0 bridgehead atoms. The van der Waals surface area contributed by atoms with Gasteiger partial charge in [0.2, 0.25) is 0 Å². The van der Waals surface area contributed by atoms with E-state index in [9.17, 15) is 4.79 Å². The average Bonchev–Trinajstić information content (AvgIpc) is 2.28. The zero-order valence-corrected chi connectivity index (χ0v) is 11.3. The number of hydrogen-bond donors (Lipinski definition) is 1. The van der Waals surface area contributed by atoms with Crippen LogP contribution in [0, 0.1) is 6.92 Å². The maximum atomic E-state index is 11.3. The SMILES string of the molecule is CC(=O)c1ccc(Sc2cccc(C)c2)cc1N. The summed E-state index contributed by atoms with van der Waals surface area (Å²) in [6, 6.07) is 13.9.